The van der Waals surface area contributed by atoms with Crippen molar-refractivity contribution in [3.63, 3.8) is 0 Å². The number of carbonyl (C=O) groups is 2. The molecule has 0 bridgehead atoms. The van der Waals surface area contributed by atoms with Crippen molar-refractivity contribution in [1.82, 2.24) is 19.4 Å². The number of pyridine rings is 1. The van der Waals surface area contributed by atoms with Gasteiger partial charge in [-0.3, -0.25) is 14.6 Å². The van der Waals surface area contributed by atoms with Crippen LogP contribution in [0.25, 0.3) is 20.8 Å². The molecule has 2 aromatic carbocycles. The Kier molecular flexibility index (Phi) is 7.80. The second kappa shape index (κ2) is 12.2. The minimum Gasteiger partial charge on any atom is -0.453 e. The highest BCUT2D eigenvalue weighted by molar-refractivity contribution is 7.22. The Labute approximate surface area is 257 Å². The third-order valence-electron chi connectivity index (χ3n) is 8.14. The zero-order chi connectivity index (χ0) is 30.0. The zero-order valence-corrected chi connectivity index (χ0v) is 24.8. The number of rotatable bonds is 9. The molecule has 9 nitrogen and oxygen atoms in total. The van der Waals surface area contributed by atoms with Crippen LogP contribution in [0.2, 0.25) is 0 Å². The summed E-state index contributed by atoms with van der Waals surface area (Å²) in [6.07, 6.45) is 8.48. The topological polar surface area (TPSA) is 92.6 Å². The number of carbonyl (C=O) groups excluding carboxylic acids is 2. The largest absolute Gasteiger partial charge is 0.453 e. The number of benzene rings is 2. The van der Waals surface area contributed by atoms with E-state index in [4.69, 9.17) is 4.74 Å². The molecule has 1 atom stereocenters. The maximum atomic E-state index is 15.2. The van der Waals surface area contributed by atoms with Gasteiger partial charge in [-0.1, -0.05) is 18.2 Å². The molecule has 0 aliphatic carbocycles. The number of anilines is 2. The van der Waals surface area contributed by atoms with Gasteiger partial charge in [0.25, 0.3) is 0 Å². The van der Waals surface area contributed by atoms with Crippen molar-refractivity contribution in [3.8, 4) is 22.1 Å². The molecule has 5 aromatic rings. The lowest BCUT2D eigenvalue weighted by Gasteiger charge is -2.16. The summed E-state index contributed by atoms with van der Waals surface area (Å²) in [5.41, 5.74) is 2.61. The molecular weight excluding hydrogens is 579 g/mol. The van der Waals surface area contributed by atoms with Crippen molar-refractivity contribution >= 4 is 44.7 Å². The lowest BCUT2D eigenvalue weighted by Crippen LogP contribution is -2.33. The number of thiophene rings is 1. The second-order valence-corrected chi connectivity index (χ2v) is 12.1. The Morgan fingerprint density at radius 1 is 1.00 bits per heavy atom. The predicted molar refractivity (Wildman–Crippen MR) is 169 cm³/mol. The van der Waals surface area contributed by atoms with Gasteiger partial charge in [0.2, 0.25) is 11.8 Å². The fourth-order valence-electron chi connectivity index (χ4n) is 5.79. The van der Waals surface area contributed by atoms with Gasteiger partial charge in [0.05, 0.1) is 27.1 Å². The molecule has 2 aliphatic heterocycles. The van der Waals surface area contributed by atoms with E-state index in [2.05, 4.69) is 24.8 Å². The first-order valence-electron chi connectivity index (χ1n) is 14.8. The first-order chi connectivity index (χ1) is 21.5. The molecule has 0 radical (unpaired) electrons. The van der Waals surface area contributed by atoms with Gasteiger partial charge >= 0.3 is 0 Å². The molecule has 224 valence electrons. The second-order valence-electron chi connectivity index (χ2n) is 11.1. The maximum Gasteiger partial charge on any atom is 0.239 e. The van der Waals surface area contributed by atoms with Crippen LogP contribution in [-0.2, 0) is 16.1 Å². The molecule has 2 amide bonds. The number of imidazole rings is 1. The number of nitrogens with one attached hydrogen (secondary N) is 1. The van der Waals surface area contributed by atoms with Crippen LogP contribution < -0.4 is 15.0 Å². The number of likely N-dealkylation sites (tertiary alicyclic amines) is 1. The van der Waals surface area contributed by atoms with Crippen molar-refractivity contribution in [1.29, 1.82) is 0 Å². The number of hydrogen-bond acceptors (Lipinski definition) is 7. The van der Waals surface area contributed by atoms with E-state index < -0.39 is 17.6 Å². The summed E-state index contributed by atoms with van der Waals surface area (Å²) in [5, 5.41) is 2.69. The number of fused-ring (bicyclic) bond motifs is 1. The van der Waals surface area contributed by atoms with Crippen LogP contribution in [0.5, 0.6) is 11.5 Å². The highest BCUT2D eigenvalue weighted by Crippen LogP contribution is 2.39. The van der Waals surface area contributed by atoms with Crippen molar-refractivity contribution in [3.05, 3.63) is 85.2 Å². The highest BCUT2D eigenvalue weighted by Gasteiger charge is 2.37. The van der Waals surface area contributed by atoms with Gasteiger partial charge in [-0.05, 0) is 62.7 Å². The van der Waals surface area contributed by atoms with Crippen molar-refractivity contribution in [2.24, 2.45) is 5.92 Å². The summed E-state index contributed by atoms with van der Waals surface area (Å²) in [5.74, 6) is -1.69. The smallest absolute Gasteiger partial charge is 0.239 e. The summed E-state index contributed by atoms with van der Waals surface area (Å²) in [7, 11) is 0. The number of hydrogen-bond donors (Lipinski definition) is 1. The van der Waals surface area contributed by atoms with E-state index in [1.807, 2.05) is 48.9 Å². The Balaban J connectivity index is 1.02. The molecule has 44 heavy (non-hydrogen) atoms. The van der Waals surface area contributed by atoms with Gasteiger partial charge in [-0.15, -0.1) is 11.3 Å². The molecule has 1 unspecified atom stereocenters. The van der Waals surface area contributed by atoms with Gasteiger partial charge in [0, 0.05) is 55.5 Å². The number of para-hydroxylation sites is 1. The summed E-state index contributed by atoms with van der Waals surface area (Å²) < 4.78 is 24.1. The third-order valence-corrected chi connectivity index (χ3v) is 9.31. The van der Waals surface area contributed by atoms with Crippen LogP contribution in [0.3, 0.4) is 0 Å². The average Bonchev–Trinajstić information content (AvgIpc) is 3.85. The molecule has 0 spiro atoms. The summed E-state index contributed by atoms with van der Waals surface area (Å²) in [6.45, 7) is 4.69. The van der Waals surface area contributed by atoms with Gasteiger partial charge < -0.3 is 24.4 Å². The highest BCUT2D eigenvalue weighted by atomic mass is 32.1. The number of ether oxygens (including phenoxy) is 1. The van der Waals surface area contributed by atoms with E-state index in [0.29, 0.717) is 18.7 Å². The number of nitrogens with zero attached hydrogens (tertiary/aromatic N) is 5. The normalized spacial score (nSPS) is 17.1. The zero-order valence-electron chi connectivity index (χ0n) is 24.0. The first kappa shape index (κ1) is 28.2. The van der Waals surface area contributed by atoms with Crippen LogP contribution in [0, 0.1) is 11.7 Å². The van der Waals surface area contributed by atoms with Crippen molar-refractivity contribution < 1.29 is 18.7 Å². The molecule has 11 heteroatoms. The fraction of sp³-hybridized carbons (Fsp3) is 0.273. The van der Waals surface area contributed by atoms with Gasteiger partial charge in [-0.2, -0.15) is 0 Å². The molecule has 2 fully saturated rings. The van der Waals surface area contributed by atoms with Crippen LogP contribution in [0.4, 0.5) is 15.8 Å². The van der Waals surface area contributed by atoms with E-state index in [9.17, 15) is 9.59 Å². The summed E-state index contributed by atoms with van der Waals surface area (Å²) in [4.78, 5) is 39.9. The predicted octanol–water partition coefficient (Wildman–Crippen LogP) is 6.18. The molecule has 5 heterocycles. The lowest BCUT2D eigenvalue weighted by molar-refractivity contribution is -0.129. The van der Waals surface area contributed by atoms with Crippen LogP contribution in [-0.4, -0.2) is 57.4 Å². The minimum absolute atomic E-state index is 0.0174. The molecule has 2 saturated heterocycles. The van der Waals surface area contributed by atoms with E-state index in [0.717, 1.165) is 39.6 Å². The average molecular weight is 611 g/mol. The van der Waals surface area contributed by atoms with Crippen LogP contribution >= 0.6 is 11.3 Å². The molecular formula is C33H31FN6O3S. The molecule has 1 N–H and O–H groups in total. The quantitative estimate of drug-likeness (QED) is 0.201. The Morgan fingerprint density at radius 3 is 2.66 bits per heavy atom. The molecule has 0 saturated carbocycles. The third kappa shape index (κ3) is 5.80. The SMILES string of the molecule is O=C(Nc1ccc(Oc2ccnc3cc(-c4cn(CCN5CCCC5)cn4)sc23)c(F)c1)C1CCN(c2ccccc2)C1=O. The van der Waals surface area contributed by atoms with Gasteiger partial charge in [0.15, 0.2) is 11.6 Å². The van der Waals surface area contributed by atoms with E-state index in [-0.39, 0.29) is 17.3 Å². The number of aromatic nitrogens is 3. The van der Waals surface area contributed by atoms with Gasteiger partial charge in [-0.25, -0.2) is 9.37 Å². The van der Waals surface area contributed by atoms with Crippen molar-refractivity contribution in [2.75, 3.05) is 36.4 Å². The van der Waals surface area contributed by atoms with E-state index in [1.165, 1.54) is 49.4 Å². The molecule has 3 aromatic heterocycles. The minimum atomic E-state index is -0.830. The summed E-state index contributed by atoms with van der Waals surface area (Å²) >= 11 is 1.49. The fourth-order valence-corrected chi connectivity index (χ4v) is 6.82. The lowest BCUT2D eigenvalue weighted by atomic mass is 10.1. The Bertz CT molecular complexity index is 1820. The van der Waals surface area contributed by atoms with Crippen LogP contribution in [0.15, 0.2) is 79.4 Å². The summed E-state index contributed by atoms with van der Waals surface area (Å²) in [6, 6.07) is 17.2. The van der Waals surface area contributed by atoms with Gasteiger partial charge in [0.1, 0.15) is 11.7 Å². The first-order valence-corrected chi connectivity index (χ1v) is 15.6. The standard InChI is InChI=1S/C33H31FN6O3S/c34-25-18-22(37-32(41)24-11-15-40(33(24)42)23-6-2-1-3-7-23)8-9-28(25)43-29-10-12-35-26-19-30(44-31(26)29)27-20-39(21-36-27)17-16-38-13-4-5-14-38/h1-3,6-10,12,18-21,24H,4-5,11,13-17H2,(H,37,41). The van der Waals surface area contributed by atoms with Crippen LogP contribution in [0.1, 0.15) is 19.3 Å². The monoisotopic (exact) mass is 610 g/mol. The molecule has 2 aliphatic rings. The van der Waals surface area contributed by atoms with Crippen molar-refractivity contribution in [2.45, 2.75) is 25.8 Å². The maximum absolute atomic E-state index is 15.2. The van der Waals surface area contributed by atoms with E-state index >= 15 is 4.39 Å². The number of halogens is 1. The van der Waals surface area contributed by atoms with E-state index in [1.54, 1.807) is 23.2 Å². The Hall–Kier alpha value is -4.61. The number of amides is 2. The Morgan fingerprint density at radius 2 is 1.84 bits per heavy atom. The molecule has 7 rings (SSSR count).